The van der Waals surface area contributed by atoms with Crippen molar-refractivity contribution in [2.45, 2.75) is 0 Å². The summed E-state index contributed by atoms with van der Waals surface area (Å²) in [7, 11) is 0. The number of carbonyl (C=O) groups excluding carboxylic acids is 2. The predicted octanol–water partition coefficient (Wildman–Crippen LogP) is 3.97. The van der Waals surface area contributed by atoms with Crippen LogP contribution in [0.5, 0.6) is 0 Å². The van der Waals surface area contributed by atoms with Gasteiger partial charge in [0, 0.05) is 11.3 Å². The van der Waals surface area contributed by atoms with E-state index >= 15 is 0 Å². The van der Waals surface area contributed by atoms with Crippen molar-refractivity contribution in [3.05, 3.63) is 76.9 Å². The van der Waals surface area contributed by atoms with Crippen LogP contribution in [0.15, 0.2) is 59.2 Å². The van der Waals surface area contributed by atoms with E-state index in [1.807, 2.05) is 0 Å². The molecule has 3 rings (SSSR count). The average molecular weight is 360 g/mol. The molecule has 0 aliphatic carbocycles. The average Bonchev–Trinajstić information content (AvgIpc) is 3.07. The Morgan fingerprint density at radius 1 is 1.04 bits per heavy atom. The van der Waals surface area contributed by atoms with Crippen molar-refractivity contribution in [2.75, 3.05) is 10.6 Å². The molecule has 1 heterocycles. The van der Waals surface area contributed by atoms with Crippen LogP contribution in [0.1, 0.15) is 20.8 Å². The van der Waals surface area contributed by atoms with Crippen molar-refractivity contribution in [3.63, 3.8) is 0 Å². The number of anilines is 2. The van der Waals surface area contributed by atoms with Crippen LogP contribution in [0.25, 0.3) is 0 Å². The zero-order valence-electron chi connectivity index (χ0n) is 12.6. The molecule has 0 spiro atoms. The first-order valence-corrected chi connectivity index (χ1v) is 7.49. The lowest BCUT2D eigenvalue weighted by molar-refractivity contribution is 0.101. The van der Waals surface area contributed by atoms with Crippen LogP contribution in [-0.2, 0) is 0 Å². The molecule has 0 aliphatic rings. The van der Waals surface area contributed by atoms with Gasteiger partial charge in [0.15, 0.2) is 5.69 Å². The molecular formula is C17H11ClFN3O3. The highest BCUT2D eigenvalue weighted by atomic mass is 35.5. The highest BCUT2D eigenvalue weighted by Crippen LogP contribution is 2.20. The summed E-state index contributed by atoms with van der Waals surface area (Å²) >= 11 is 5.65. The number of hydrogen-bond donors (Lipinski definition) is 2. The number of amides is 2. The Balaban J connectivity index is 1.67. The molecule has 126 valence electrons. The fraction of sp³-hybridized carbons (Fsp3) is 0. The van der Waals surface area contributed by atoms with Crippen LogP contribution in [-0.4, -0.2) is 16.8 Å². The normalized spacial score (nSPS) is 10.3. The van der Waals surface area contributed by atoms with Gasteiger partial charge in [0.1, 0.15) is 12.1 Å². The minimum absolute atomic E-state index is 0.0520. The summed E-state index contributed by atoms with van der Waals surface area (Å²) < 4.78 is 18.2. The number of nitrogens with zero attached hydrogens (tertiary/aromatic N) is 1. The summed E-state index contributed by atoms with van der Waals surface area (Å²) in [5, 5.41) is 4.83. The summed E-state index contributed by atoms with van der Waals surface area (Å²) in [5.41, 5.74) is 0.672. The van der Waals surface area contributed by atoms with Gasteiger partial charge in [-0.1, -0.05) is 29.8 Å². The highest BCUT2D eigenvalue weighted by molar-refractivity contribution is 6.31. The first-order valence-electron chi connectivity index (χ1n) is 7.11. The van der Waals surface area contributed by atoms with Crippen LogP contribution >= 0.6 is 11.6 Å². The lowest BCUT2D eigenvalue weighted by Crippen LogP contribution is -2.14. The van der Waals surface area contributed by atoms with E-state index in [9.17, 15) is 14.0 Å². The molecule has 0 aliphatic heterocycles. The van der Waals surface area contributed by atoms with Crippen molar-refractivity contribution < 1.29 is 18.4 Å². The molecule has 0 saturated heterocycles. The van der Waals surface area contributed by atoms with E-state index in [2.05, 4.69) is 15.6 Å². The van der Waals surface area contributed by atoms with E-state index < -0.39 is 17.6 Å². The van der Waals surface area contributed by atoms with Gasteiger partial charge >= 0.3 is 6.01 Å². The monoisotopic (exact) mass is 359 g/mol. The quantitative estimate of drug-likeness (QED) is 0.738. The second kappa shape index (κ2) is 7.14. The zero-order valence-corrected chi connectivity index (χ0v) is 13.4. The lowest BCUT2D eigenvalue weighted by atomic mass is 10.2. The van der Waals surface area contributed by atoms with Gasteiger partial charge in [-0.25, -0.2) is 4.39 Å². The number of aromatic nitrogens is 1. The lowest BCUT2D eigenvalue weighted by Gasteiger charge is -2.03. The molecule has 0 saturated carbocycles. The van der Waals surface area contributed by atoms with Gasteiger partial charge in [-0.15, -0.1) is 0 Å². The van der Waals surface area contributed by atoms with E-state index in [4.69, 9.17) is 16.0 Å². The topological polar surface area (TPSA) is 84.2 Å². The van der Waals surface area contributed by atoms with E-state index in [-0.39, 0.29) is 16.7 Å². The Morgan fingerprint density at radius 2 is 1.80 bits per heavy atom. The first kappa shape index (κ1) is 16.7. The van der Waals surface area contributed by atoms with Gasteiger partial charge in [-0.2, -0.15) is 4.98 Å². The summed E-state index contributed by atoms with van der Waals surface area (Å²) in [6, 6.07) is 12.1. The Morgan fingerprint density at radius 3 is 2.52 bits per heavy atom. The number of halogens is 2. The molecule has 2 amide bonds. The van der Waals surface area contributed by atoms with E-state index in [1.54, 1.807) is 30.3 Å². The molecule has 25 heavy (non-hydrogen) atoms. The van der Waals surface area contributed by atoms with Gasteiger partial charge < -0.3 is 9.73 Å². The van der Waals surface area contributed by atoms with Crippen molar-refractivity contribution in [1.82, 2.24) is 4.98 Å². The third-order valence-electron chi connectivity index (χ3n) is 3.17. The summed E-state index contributed by atoms with van der Waals surface area (Å²) in [6.07, 6.45) is 1.10. The highest BCUT2D eigenvalue weighted by Gasteiger charge is 2.15. The molecule has 1 aromatic heterocycles. The molecule has 3 aromatic rings. The van der Waals surface area contributed by atoms with E-state index in [0.29, 0.717) is 11.3 Å². The Bertz CT molecular complexity index is 928. The van der Waals surface area contributed by atoms with Gasteiger partial charge in [0.05, 0.1) is 5.02 Å². The third kappa shape index (κ3) is 4.02. The molecule has 0 unspecified atom stereocenters. The minimum atomic E-state index is -0.591. The maximum atomic E-state index is 13.1. The van der Waals surface area contributed by atoms with Crippen LogP contribution < -0.4 is 10.6 Å². The maximum absolute atomic E-state index is 13.1. The van der Waals surface area contributed by atoms with Gasteiger partial charge in [-0.05, 0) is 30.3 Å². The molecule has 2 aromatic carbocycles. The van der Waals surface area contributed by atoms with Gasteiger partial charge in [0.2, 0.25) is 0 Å². The number of carbonyl (C=O) groups is 2. The van der Waals surface area contributed by atoms with Crippen molar-refractivity contribution >= 4 is 35.1 Å². The smallest absolute Gasteiger partial charge is 0.302 e. The maximum Gasteiger partial charge on any atom is 0.302 e. The Hall–Kier alpha value is -3.19. The van der Waals surface area contributed by atoms with Crippen LogP contribution in [0.2, 0.25) is 5.02 Å². The molecule has 2 N–H and O–H groups in total. The second-order valence-electron chi connectivity index (χ2n) is 4.94. The summed E-state index contributed by atoms with van der Waals surface area (Å²) in [4.78, 5) is 28.0. The molecule has 0 bridgehead atoms. The number of nitrogens with one attached hydrogen (secondary N) is 2. The third-order valence-corrected chi connectivity index (χ3v) is 3.46. The van der Waals surface area contributed by atoms with Crippen LogP contribution in [0.3, 0.4) is 0 Å². The summed E-state index contributed by atoms with van der Waals surface area (Å²) in [5.74, 6) is -1.60. The fourth-order valence-electron chi connectivity index (χ4n) is 1.96. The zero-order chi connectivity index (χ0) is 17.8. The van der Waals surface area contributed by atoms with E-state index in [1.165, 1.54) is 12.1 Å². The second-order valence-corrected chi connectivity index (χ2v) is 5.35. The number of rotatable bonds is 4. The molecule has 0 radical (unpaired) electrons. The molecule has 6 nitrogen and oxygen atoms in total. The van der Waals surface area contributed by atoms with Crippen molar-refractivity contribution in [2.24, 2.45) is 0 Å². The van der Waals surface area contributed by atoms with Crippen molar-refractivity contribution in [3.8, 4) is 0 Å². The first-order chi connectivity index (χ1) is 12.0. The van der Waals surface area contributed by atoms with Gasteiger partial charge in [0.25, 0.3) is 11.8 Å². The predicted molar refractivity (Wildman–Crippen MR) is 90.3 cm³/mol. The molecule has 0 fully saturated rings. The Kier molecular flexibility index (Phi) is 4.76. The SMILES string of the molecule is O=C(Nc1nc(C(=O)Nc2ccc(F)c(Cl)c2)co1)c1ccccc1. The molecular weight excluding hydrogens is 349 g/mol. The van der Waals surface area contributed by atoms with Gasteiger partial charge in [-0.3, -0.25) is 14.9 Å². The summed E-state index contributed by atoms with van der Waals surface area (Å²) in [6.45, 7) is 0. The van der Waals surface area contributed by atoms with Crippen LogP contribution in [0, 0.1) is 5.82 Å². The largest absolute Gasteiger partial charge is 0.431 e. The number of oxazole rings is 1. The number of hydrogen-bond acceptors (Lipinski definition) is 4. The van der Waals surface area contributed by atoms with E-state index in [0.717, 1.165) is 12.3 Å². The molecule has 8 heteroatoms. The minimum Gasteiger partial charge on any atom is -0.431 e. The molecule has 0 atom stereocenters. The Labute approximate surface area is 146 Å². The van der Waals surface area contributed by atoms with Crippen LogP contribution in [0.4, 0.5) is 16.1 Å². The standard InChI is InChI=1S/C17H11ClFN3O3/c18-12-8-11(6-7-13(12)19)20-16(24)14-9-25-17(21-14)22-15(23)10-4-2-1-3-5-10/h1-9H,(H,20,24)(H,21,22,23). The van der Waals surface area contributed by atoms with Crippen molar-refractivity contribution in [1.29, 1.82) is 0 Å². The fourth-order valence-corrected chi connectivity index (χ4v) is 2.14. The number of benzene rings is 2.